The lowest BCUT2D eigenvalue weighted by Crippen LogP contribution is -2.28. The van der Waals surface area contributed by atoms with Gasteiger partial charge < -0.3 is 4.74 Å². The fourth-order valence-electron chi connectivity index (χ4n) is 2.48. The van der Waals surface area contributed by atoms with E-state index in [9.17, 15) is 9.59 Å². The van der Waals surface area contributed by atoms with Crippen molar-refractivity contribution in [3.8, 4) is 5.75 Å². The second-order valence-corrected chi connectivity index (χ2v) is 7.25. The Hall–Kier alpha value is -2.24. The maximum absolute atomic E-state index is 12.2. The van der Waals surface area contributed by atoms with Crippen molar-refractivity contribution in [1.29, 1.82) is 0 Å². The zero-order valence-electron chi connectivity index (χ0n) is 14.3. The maximum atomic E-state index is 12.2. The molecule has 0 aliphatic carbocycles. The number of halogens is 1. The van der Waals surface area contributed by atoms with Crippen LogP contribution in [0.25, 0.3) is 6.08 Å². The number of rotatable bonds is 6. The Labute approximate surface area is 161 Å². The molecular formula is C20H18ClNO3S. The second kappa shape index (κ2) is 8.43. The van der Waals surface area contributed by atoms with Gasteiger partial charge in [-0.3, -0.25) is 14.5 Å². The van der Waals surface area contributed by atoms with E-state index in [0.29, 0.717) is 23.1 Å². The van der Waals surface area contributed by atoms with Gasteiger partial charge in [-0.1, -0.05) is 42.8 Å². The molecule has 0 radical (unpaired) electrons. The molecule has 26 heavy (non-hydrogen) atoms. The van der Waals surface area contributed by atoms with Gasteiger partial charge in [-0.25, -0.2) is 0 Å². The van der Waals surface area contributed by atoms with E-state index in [4.69, 9.17) is 16.3 Å². The molecule has 0 aromatic heterocycles. The SMILES string of the molecule is CCCN1C(=O)S/C(=C/c2ccc(OCc3ccc(Cl)cc3)cc2)C1=O. The summed E-state index contributed by atoms with van der Waals surface area (Å²) in [4.78, 5) is 25.9. The minimum atomic E-state index is -0.218. The summed E-state index contributed by atoms with van der Waals surface area (Å²) >= 11 is 6.85. The van der Waals surface area contributed by atoms with E-state index in [2.05, 4.69) is 0 Å². The molecule has 2 amide bonds. The molecule has 0 N–H and O–H groups in total. The van der Waals surface area contributed by atoms with Gasteiger partial charge in [-0.2, -0.15) is 0 Å². The third-order valence-electron chi connectivity index (χ3n) is 3.82. The predicted molar refractivity (Wildman–Crippen MR) is 105 cm³/mol. The Bertz CT molecular complexity index is 831. The molecule has 134 valence electrons. The van der Waals surface area contributed by atoms with Crippen LogP contribution in [-0.4, -0.2) is 22.6 Å². The van der Waals surface area contributed by atoms with Crippen LogP contribution in [0.1, 0.15) is 24.5 Å². The third-order valence-corrected chi connectivity index (χ3v) is 4.98. The van der Waals surface area contributed by atoms with Gasteiger partial charge in [0.25, 0.3) is 11.1 Å². The smallest absolute Gasteiger partial charge is 0.293 e. The van der Waals surface area contributed by atoms with Crippen molar-refractivity contribution >= 4 is 40.6 Å². The normalized spacial score (nSPS) is 15.8. The number of hydrogen-bond acceptors (Lipinski definition) is 4. The highest BCUT2D eigenvalue weighted by atomic mass is 35.5. The van der Waals surface area contributed by atoms with E-state index < -0.39 is 0 Å². The second-order valence-electron chi connectivity index (χ2n) is 5.82. The zero-order chi connectivity index (χ0) is 18.5. The average Bonchev–Trinajstić information content (AvgIpc) is 2.90. The molecule has 0 bridgehead atoms. The minimum Gasteiger partial charge on any atom is -0.489 e. The third kappa shape index (κ3) is 4.48. The fourth-order valence-corrected chi connectivity index (χ4v) is 3.47. The van der Waals surface area contributed by atoms with Crippen molar-refractivity contribution in [2.24, 2.45) is 0 Å². The van der Waals surface area contributed by atoms with Gasteiger partial charge in [-0.05, 0) is 59.7 Å². The lowest BCUT2D eigenvalue weighted by molar-refractivity contribution is -0.122. The predicted octanol–water partition coefficient (Wildman–Crippen LogP) is 5.37. The Morgan fingerprint density at radius 2 is 1.77 bits per heavy atom. The number of carbonyl (C=O) groups excluding carboxylic acids is 2. The van der Waals surface area contributed by atoms with Crippen molar-refractivity contribution in [1.82, 2.24) is 4.90 Å². The summed E-state index contributed by atoms with van der Waals surface area (Å²) in [5.41, 5.74) is 1.88. The first-order valence-corrected chi connectivity index (χ1v) is 9.49. The fraction of sp³-hybridized carbons (Fsp3) is 0.200. The Morgan fingerprint density at radius 3 is 2.42 bits per heavy atom. The summed E-state index contributed by atoms with van der Waals surface area (Å²) in [5.74, 6) is 0.515. The van der Waals surface area contributed by atoms with Gasteiger partial charge in [0.1, 0.15) is 12.4 Å². The van der Waals surface area contributed by atoms with Crippen molar-refractivity contribution in [2.45, 2.75) is 20.0 Å². The Morgan fingerprint density at radius 1 is 1.08 bits per heavy atom. The van der Waals surface area contributed by atoms with E-state index in [1.165, 1.54) is 4.90 Å². The summed E-state index contributed by atoms with van der Waals surface area (Å²) in [7, 11) is 0. The van der Waals surface area contributed by atoms with Gasteiger partial charge in [0.2, 0.25) is 0 Å². The van der Waals surface area contributed by atoms with Gasteiger partial charge >= 0.3 is 0 Å². The van der Waals surface area contributed by atoms with Gasteiger partial charge in [-0.15, -0.1) is 0 Å². The first-order chi connectivity index (χ1) is 12.6. The van der Waals surface area contributed by atoms with Crippen LogP contribution in [0.3, 0.4) is 0 Å². The van der Waals surface area contributed by atoms with Crippen LogP contribution in [0.2, 0.25) is 5.02 Å². The van der Waals surface area contributed by atoms with Crippen molar-refractivity contribution in [2.75, 3.05) is 6.54 Å². The zero-order valence-corrected chi connectivity index (χ0v) is 15.8. The number of thioether (sulfide) groups is 1. The highest BCUT2D eigenvalue weighted by Gasteiger charge is 2.34. The first kappa shape index (κ1) is 18.5. The van der Waals surface area contributed by atoms with Crippen LogP contribution in [0.4, 0.5) is 4.79 Å². The highest BCUT2D eigenvalue weighted by Crippen LogP contribution is 2.32. The van der Waals surface area contributed by atoms with Crippen LogP contribution in [0.5, 0.6) is 5.75 Å². The van der Waals surface area contributed by atoms with E-state index in [0.717, 1.165) is 35.1 Å². The Kier molecular flexibility index (Phi) is 6.01. The molecule has 0 spiro atoms. The summed E-state index contributed by atoms with van der Waals surface area (Å²) in [5, 5.41) is 0.493. The van der Waals surface area contributed by atoms with Crippen LogP contribution in [-0.2, 0) is 11.4 Å². The standard InChI is InChI=1S/C20H18ClNO3S/c1-2-11-22-19(23)18(26-20(22)24)12-14-5-9-17(10-6-14)25-13-15-3-7-16(21)8-4-15/h3-10,12H,2,11,13H2,1H3/b18-12+. The molecule has 0 atom stereocenters. The number of benzene rings is 2. The minimum absolute atomic E-state index is 0.203. The summed E-state index contributed by atoms with van der Waals surface area (Å²) in [6.07, 6.45) is 2.49. The summed E-state index contributed by atoms with van der Waals surface area (Å²) in [6, 6.07) is 14.9. The average molecular weight is 388 g/mol. The molecule has 0 unspecified atom stereocenters. The molecule has 1 heterocycles. The molecule has 1 aliphatic rings. The van der Waals surface area contributed by atoms with Crippen molar-refractivity contribution in [3.05, 3.63) is 69.6 Å². The highest BCUT2D eigenvalue weighted by molar-refractivity contribution is 8.18. The van der Waals surface area contributed by atoms with Crippen LogP contribution >= 0.6 is 23.4 Å². The topological polar surface area (TPSA) is 46.6 Å². The van der Waals surface area contributed by atoms with Gasteiger partial charge in [0.05, 0.1) is 4.91 Å². The quantitative estimate of drug-likeness (QED) is 0.625. The molecule has 3 rings (SSSR count). The lowest BCUT2D eigenvalue weighted by Gasteiger charge is -2.09. The molecule has 6 heteroatoms. The van der Waals surface area contributed by atoms with E-state index >= 15 is 0 Å². The number of imide groups is 1. The lowest BCUT2D eigenvalue weighted by atomic mass is 10.2. The van der Waals surface area contributed by atoms with Gasteiger partial charge in [0, 0.05) is 11.6 Å². The number of nitrogens with zero attached hydrogens (tertiary/aromatic N) is 1. The number of ether oxygens (including phenoxy) is 1. The number of carbonyl (C=O) groups is 2. The van der Waals surface area contributed by atoms with E-state index in [1.54, 1.807) is 6.08 Å². The summed E-state index contributed by atoms with van der Waals surface area (Å²) < 4.78 is 5.75. The van der Waals surface area contributed by atoms with Crippen molar-refractivity contribution in [3.63, 3.8) is 0 Å². The monoisotopic (exact) mass is 387 g/mol. The largest absolute Gasteiger partial charge is 0.489 e. The summed E-state index contributed by atoms with van der Waals surface area (Å²) in [6.45, 7) is 2.85. The molecular weight excluding hydrogens is 370 g/mol. The molecule has 1 aliphatic heterocycles. The molecule has 2 aromatic rings. The van der Waals surface area contributed by atoms with Crippen LogP contribution in [0, 0.1) is 0 Å². The molecule has 1 fully saturated rings. The van der Waals surface area contributed by atoms with Crippen LogP contribution in [0.15, 0.2) is 53.4 Å². The number of amides is 2. The first-order valence-electron chi connectivity index (χ1n) is 8.29. The molecule has 1 saturated heterocycles. The van der Waals surface area contributed by atoms with E-state index in [-0.39, 0.29) is 11.1 Å². The van der Waals surface area contributed by atoms with Crippen LogP contribution < -0.4 is 4.74 Å². The van der Waals surface area contributed by atoms with Gasteiger partial charge in [0.15, 0.2) is 0 Å². The van der Waals surface area contributed by atoms with E-state index in [1.807, 2.05) is 55.5 Å². The number of hydrogen-bond donors (Lipinski definition) is 0. The molecule has 4 nitrogen and oxygen atoms in total. The Balaban J connectivity index is 1.63. The molecule has 2 aromatic carbocycles. The maximum Gasteiger partial charge on any atom is 0.293 e. The van der Waals surface area contributed by atoms with Crippen molar-refractivity contribution < 1.29 is 14.3 Å². The molecule has 0 saturated carbocycles.